The van der Waals surface area contributed by atoms with Crippen molar-refractivity contribution in [3.63, 3.8) is 0 Å². The normalized spacial score (nSPS) is 10.2. The first-order valence-corrected chi connectivity index (χ1v) is 7.14. The molecule has 0 spiro atoms. The number of anilines is 1. The van der Waals surface area contributed by atoms with Crippen LogP contribution in [0.25, 0.3) is 0 Å². The molecule has 0 aromatic heterocycles. The lowest BCUT2D eigenvalue weighted by atomic mass is 10.1. The molecule has 1 amide bonds. The largest absolute Gasteiger partial charge is 0.478 e. The number of hydrogen-bond donors (Lipinski definition) is 2. The Labute approximate surface area is 130 Å². The van der Waals surface area contributed by atoms with Crippen LogP contribution in [0.15, 0.2) is 46.9 Å². The van der Waals surface area contributed by atoms with E-state index in [2.05, 4.69) is 21.2 Å². The van der Waals surface area contributed by atoms with Crippen molar-refractivity contribution in [2.24, 2.45) is 0 Å². The van der Waals surface area contributed by atoms with Crippen LogP contribution >= 0.6 is 15.9 Å². The van der Waals surface area contributed by atoms with Gasteiger partial charge in [-0.2, -0.15) is 0 Å². The maximum absolute atomic E-state index is 12.1. The Hall–Kier alpha value is -2.14. The van der Waals surface area contributed by atoms with Gasteiger partial charge in [-0.25, -0.2) is 4.79 Å². The van der Waals surface area contributed by atoms with Crippen LogP contribution in [0.3, 0.4) is 0 Å². The van der Waals surface area contributed by atoms with Gasteiger partial charge in [0.25, 0.3) is 0 Å². The third kappa shape index (κ3) is 3.92. The number of carbonyl (C=O) groups excluding carboxylic acids is 1. The topological polar surface area (TPSA) is 66.4 Å². The van der Waals surface area contributed by atoms with Crippen LogP contribution in [0.5, 0.6) is 0 Å². The molecule has 0 fully saturated rings. The van der Waals surface area contributed by atoms with Gasteiger partial charge in [0.1, 0.15) is 0 Å². The van der Waals surface area contributed by atoms with Crippen molar-refractivity contribution < 1.29 is 14.7 Å². The minimum absolute atomic E-state index is 0.182. The summed E-state index contributed by atoms with van der Waals surface area (Å²) in [5.74, 6) is -1.19. The Morgan fingerprint density at radius 2 is 1.90 bits per heavy atom. The number of aromatic carboxylic acids is 1. The molecule has 108 valence electrons. The highest BCUT2D eigenvalue weighted by Crippen LogP contribution is 2.19. The van der Waals surface area contributed by atoms with Crippen molar-refractivity contribution in [1.29, 1.82) is 0 Å². The molecule has 0 heterocycles. The van der Waals surface area contributed by atoms with E-state index in [1.807, 2.05) is 24.3 Å². The van der Waals surface area contributed by atoms with Gasteiger partial charge in [0.2, 0.25) is 5.91 Å². The average Bonchev–Trinajstić information content (AvgIpc) is 2.40. The summed E-state index contributed by atoms with van der Waals surface area (Å²) < 4.78 is 0.914. The highest BCUT2D eigenvalue weighted by Gasteiger charge is 2.12. The molecule has 21 heavy (non-hydrogen) atoms. The number of nitrogens with one attached hydrogen (secondary N) is 1. The quantitative estimate of drug-likeness (QED) is 0.887. The molecule has 0 radical (unpaired) electrons. The average molecular weight is 348 g/mol. The van der Waals surface area contributed by atoms with Gasteiger partial charge in [-0.15, -0.1) is 0 Å². The van der Waals surface area contributed by atoms with Crippen LogP contribution < -0.4 is 5.32 Å². The maximum atomic E-state index is 12.1. The number of carboxylic acid groups (broad SMARTS) is 1. The fourth-order valence-electron chi connectivity index (χ4n) is 2.03. The minimum atomic E-state index is -1.00. The van der Waals surface area contributed by atoms with Crippen LogP contribution in [-0.4, -0.2) is 17.0 Å². The fraction of sp³-hybridized carbons (Fsp3) is 0.125. The summed E-state index contributed by atoms with van der Waals surface area (Å²) in [7, 11) is 0. The van der Waals surface area contributed by atoms with Crippen molar-refractivity contribution in [2.45, 2.75) is 13.3 Å². The van der Waals surface area contributed by atoms with E-state index in [9.17, 15) is 9.59 Å². The zero-order chi connectivity index (χ0) is 15.4. The third-order valence-electron chi connectivity index (χ3n) is 3.09. The Morgan fingerprint density at radius 3 is 2.57 bits per heavy atom. The van der Waals surface area contributed by atoms with Gasteiger partial charge in [-0.05, 0) is 42.3 Å². The van der Waals surface area contributed by atoms with Gasteiger partial charge in [0, 0.05) is 10.2 Å². The van der Waals surface area contributed by atoms with E-state index in [1.165, 1.54) is 6.07 Å². The fourth-order valence-corrected chi connectivity index (χ4v) is 2.48. The highest BCUT2D eigenvalue weighted by atomic mass is 79.9. The lowest BCUT2D eigenvalue weighted by Gasteiger charge is -2.10. The molecular formula is C16H14BrNO3. The molecule has 0 bridgehead atoms. The minimum Gasteiger partial charge on any atom is -0.478 e. The van der Waals surface area contributed by atoms with E-state index >= 15 is 0 Å². The first-order valence-electron chi connectivity index (χ1n) is 6.34. The van der Waals surface area contributed by atoms with Crippen LogP contribution in [0.1, 0.15) is 21.5 Å². The zero-order valence-electron chi connectivity index (χ0n) is 11.4. The van der Waals surface area contributed by atoms with E-state index in [1.54, 1.807) is 19.1 Å². The highest BCUT2D eigenvalue weighted by molar-refractivity contribution is 9.10. The molecule has 5 heteroatoms. The van der Waals surface area contributed by atoms with E-state index in [4.69, 9.17) is 5.11 Å². The Morgan fingerprint density at radius 1 is 1.19 bits per heavy atom. The van der Waals surface area contributed by atoms with Gasteiger partial charge >= 0.3 is 5.97 Å². The Kier molecular flexibility index (Phi) is 4.75. The molecule has 0 aliphatic heterocycles. The van der Waals surface area contributed by atoms with Crippen molar-refractivity contribution in [3.8, 4) is 0 Å². The number of amides is 1. The second-order valence-corrected chi connectivity index (χ2v) is 5.55. The summed E-state index contributed by atoms with van der Waals surface area (Å²) in [5, 5.41) is 11.8. The number of carboxylic acids is 1. The lowest BCUT2D eigenvalue weighted by molar-refractivity contribution is -0.115. The van der Waals surface area contributed by atoms with E-state index in [0.717, 1.165) is 10.0 Å². The molecule has 0 saturated carbocycles. The molecule has 2 aromatic carbocycles. The second kappa shape index (κ2) is 6.54. The molecule has 4 nitrogen and oxygen atoms in total. The van der Waals surface area contributed by atoms with E-state index in [-0.39, 0.29) is 17.9 Å². The SMILES string of the molecule is Cc1c(NC(=O)Cc2cccc(Br)c2)cccc1C(=O)O. The van der Waals surface area contributed by atoms with Gasteiger partial charge in [-0.3, -0.25) is 4.79 Å². The first-order chi connectivity index (χ1) is 9.97. The van der Waals surface area contributed by atoms with Crippen molar-refractivity contribution in [1.82, 2.24) is 0 Å². The maximum Gasteiger partial charge on any atom is 0.336 e. The Bertz CT molecular complexity index is 698. The van der Waals surface area contributed by atoms with Gasteiger partial charge in [-0.1, -0.05) is 34.1 Å². The smallest absolute Gasteiger partial charge is 0.336 e. The number of halogens is 1. The summed E-state index contributed by atoms with van der Waals surface area (Å²) in [5.41, 5.74) is 2.15. The predicted octanol–water partition coefficient (Wildman–Crippen LogP) is 3.64. The summed E-state index contributed by atoms with van der Waals surface area (Å²) >= 11 is 3.36. The van der Waals surface area contributed by atoms with Crippen LogP contribution in [0, 0.1) is 6.92 Å². The van der Waals surface area contributed by atoms with Gasteiger partial charge in [0.15, 0.2) is 0 Å². The summed E-state index contributed by atoms with van der Waals surface area (Å²) in [6.45, 7) is 1.68. The first kappa shape index (κ1) is 15.3. The molecule has 2 rings (SSSR count). The van der Waals surface area contributed by atoms with Crippen molar-refractivity contribution in [3.05, 3.63) is 63.6 Å². The van der Waals surface area contributed by atoms with Crippen LogP contribution in [-0.2, 0) is 11.2 Å². The zero-order valence-corrected chi connectivity index (χ0v) is 13.0. The van der Waals surface area contributed by atoms with E-state index in [0.29, 0.717) is 11.3 Å². The summed E-state index contributed by atoms with van der Waals surface area (Å²) in [4.78, 5) is 23.1. The predicted molar refractivity (Wildman–Crippen MR) is 84.6 cm³/mol. The number of benzene rings is 2. The summed E-state index contributed by atoms with van der Waals surface area (Å²) in [6.07, 6.45) is 0.232. The molecule has 0 atom stereocenters. The van der Waals surface area contributed by atoms with Gasteiger partial charge in [0.05, 0.1) is 12.0 Å². The Balaban J connectivity index is 2.13. The molecule has 2 aromatic rings. The summed E-state index contributed by atoms with van der Waals surface area (Å²) in [6, 6.07) is 12.3. The molecule has 2 N–H and O–H groups in total. The molecule has 0 unspecified atom stereocenters. The van der Waals surface area contributed by atoms with Crippen molar-refractivity contribution in [2.75, 3.05) is 5.32 Å². The number of rotatable bonds is 4. The van der Waals surface area contributed by atoms with E-state index < -0.39 is 5.97 Å². The molecule has 0 aliphatic carbocycles. The van der Waals surface area contributed by atoms with Gasteiger partial charge < -0.3 is 10.4 Å². The van der Waals surface area contributed by atoms with Crippen molar-refractivity contribution >= 4 is 33.5 Å². The van der Waals surface area contributed by atoms with Crippen LogP contribution in [0.2, 0.25) is 0 Å². The molecular weight excluding hydrogens is 334 g/mol. The third-order valence-corrected chi connectivity index (χ3v) is 3.59. The number of hydrogen-bond acceptors (Lipinski definition) is 2. The van der Waals surface area contributed by atoms with Crippen LogP contribution in [0.4, 0.5) is 5.69 Å². The molecule has 0 aliphatic rings. The standard InChI is InChI=1S/C16H14BrNO3/c1-10-13(16(20)21)6-3-7-14(10)18-15(19)9-11-4-2-5-12(17)8-11/h2-8H,9H2,1H3,(H,18,19)(H,20,21). The monoisotopic (exact) mass is 347 g/mol. The number of carbonyl (C=O) groups is 2. The molecule has 0 saturated heterocycles. The second-order valence-electron chi connectivity index (χ2n) is 4.64. The lowest BCUT2D eigenvalue weighted by Crippen LogP contribution is -2.16.